The molecule has 128 valence electrons. The molecule has 0 bridgehead atoms. The Balaban J connectivity index is 2.47. The Labute approximate surface area is 150 Å². The molecule has 24 heavy (non-hydrogen) atoms. The predicted molar refractivity (Wildman–Crippen MR) is 103 cm³/mol. The van der Waals surface area contributed by atoms with Gasteiger partial charge in [0.1, 0.15) is 5.60 Å². The molecule has 2 aromatic carbocycles. The van der Waals surface area contributed by atoms with Crippen LogP contribution in [0.1, 0.15) is 25.0 Å². The normalized spacial score (nSPS) is 16.0. The van der Waals surface area contributed by atoms with Crippen molar-refractivity contribution in [3.05, 3.63) is 76.3 Å². The molecule has 0 saturated heterocycles. The zero-order valence-electron chi connectivity index (χ0n) is 14.8. The minimum absolute atomic E-state index is 0.0402. The highest BCUT2D eigenvalue weighted by molar-refractivity contribution is 6.30. The molecule has 0 saturated carbocycles. The number of rotatable bonds is 6. The van der Waals surface area contributed by atoms with Crippen molar-refractivity contribution in [1.82, 2.24) is 4.90 Å². The fourth-order valence-corrected chi connectivity index (χ4v) is 3.32. The first-order valence-electron chi connectivity index (χ1n) is 8.21. The van der Waals surface area contributed by atoms with Gasteiger partial charge in [0.15, 0.2) is 0 Å². The lowest BCUT2D eigenvalue weighted by Crippen LogP contribution is -2.40. The number of benzene rings is 2. The van der Waals surface area contributed by atoms with Crippen LogP contribution in [0.5, 0.6) is 0 Å². The van der Waals surface area contributed by atoms with Crippen molar-refractivity contribution in [2.75, 3.05) is 20.6 Å². The number of nitrogens with zero attached hydrogens (tertiary/aromatic N) is 1. The van der Waals surface area contributed by atoms with Crippen molar-refractivity contribution >= 4 is 17.7 Å². The molecule has 0 fully saturated rings. The fourth-order valence-electron chi connectivity index (χ4n) is 3.19. The van der Waals surface area contributed by atoms with Crippen LogP contribution < -0.4 is 0 Å². The smallest absolute Gasteiger partial charge is 0.114 e. The third-order valence-corrected chi connectivity index (χ3v) is 4.67. The van der Waals surface area contributed by atoms with Crippen molar-refractivity contribution in [3.8, 4) is 0 Å². The predicted octanol–water partition coefficient (Wildman–Crippen LogP) is 4.83. The summed E-state index contributed by atoms with van der Waals surface area (Å²) in [5.74, 6) is 0.0402. The van der Waals surface area contributed by atoms with Gasteiger partial charge in [-0.3, -0.25) is 0 Å². The molecule has 0 amide bonds. The molecule has 2 unspecified atom stereocenters. The zero-order valence-corrected chi connectivity index (χ0v) is 15.6. The van der Waals surface area contributed by atoms with Crippen molar-refractivity contribution in [2.45, 2.75) is 19.4 Å². The van der Waals surface area contributed by atoms with Crippen molar-refractivity contribution in [1.29, 1.82) is 0 Å². The van der Waals surface area contributed by atoms with Crippen LogP contribution in [0.3, 0.4) is 0 Å². The molecule has 0 aliphatic heterocycles. The molecule has 3 heteroatoms. The van der Waals surface area contributed by atoms with Gasteiger partial charge in [-0.1, -0.05) is 67.1 Å². The highest BCUT2D eigenvalue weighted by Crippen LogP contribution is 2.38. The Morgan fingerprint density at radius 3 is 2.25 bits per heavy atom. The van der Waals surface area contributed by atoms with E-state index in [9.17, 15) is 5.11 Å². The highest BCUT2D eigenvalue weighted by Gasteiger charge is 2.37. The van der Waals surface area contributed by atoms with Gasteiger partial charge in [-0.05, 0) is 49.9 Å². The summed E-state index contributed by atoms with van der Waals surface area (Å²) in [4.78, 5) is 2.11. The highest BCUT2D eigenvalue weighted by atomic mass is 35.5. The molecular formula is C21H26ClNO. The minimum Gasteiger partial charge on any atom is -0.380 e. The van der Waals surface area contributed by atoms with Gasteiger partial charge in [0, 0.05) is 17.5 Å². The summed E-state index contributed by atoms with van der Waals surface area (Å²) in [6, 6.07) is 17.6. The van der Waals surface area contributed by atoms with Crippen LogP contribution in [0.15, 0.2) is 60.2 Å². The first-order chi connectivity index (χ1) is 11.3. The van der Waals surface area contributed by atoms with Crippen molar-refractivity contribution in [2.24, 2.45) is 5.92 Å². The molecule has 0 aliphatic carbocycles. The average molecular weight is 344 g/mol. The van der Waals surface area contributed by atoms with Crippen LogP contribution >= 0.6 is 11.6 Å². The largest absolute Gasteiger partial charge is 0.380 e. The Kier molecular flexibility index (Phi) is 6.22. The van der Waals surface area contributed by atoms with Gasteiger partial charge in [-0.25, -0.2) is 0 Å². The number of aliphatic hydroxyl groups is 1. The summed E-state index contributed by atoms with van der Waals surface area (Å²) in [6.07, 6.45) is 2.04. The van der Waals surface area contributed by atoms with Crippen LogP contribution in [-0.2, 0) is 5.60 Å². The van der Waals surface area contributed by atoms with Gasteiger partial charge >= 0.3 is 0 Å². The second kappa shape index (κ2) is 7.98. The zero-order chi connectivity index (χ0) is 17.7. The van der Waals surface area contributed by atoms with E-state index in [2.05, 4.69) is 11.8 Å². The van der Waals surface area contributed by atoms with E-state index >= 15 is 0 Å². The molecule has 0 heterocycles. The Morgan fingerprint density at radius 1 is 1.12 bits per heavy atom. The van der Waals surface area contributed by atoms with E-state index in [0.717, 1.165) is 23.2 Å². The molecule has 0 radical (unpaired) electrons. The van der Waals surface area contributed by atoms with E-state index in [-0.39, 0.29) is 5.92 Å². The lowest BCUT2D eigenvalue weighted by molar-refractivity contribution is 0.0105. The molecule has 0 spiro atoms. The van der Waals surface area contributed by atoms with E-state index in [0.29, 0.717) is 5.02 Å². The minimum atomic E-state index is -1.02. The second-order valence-electron chi connectivity index (χ2n) is 6.67. The maximum Gasteiger partial charge on any atom is 0.114 e. The molecule has 2 rings (SSSR count). The Hall–Kier alpha value is -1.61. The summed E-state index contributed by atoms with van der Waals surface area (Å²) in [6.45, 7) is 4.87. The first kappa shape index (κ1) is 18.7. The Bertz CT molecular complexity index is 679. The van der Waals surface area contributed by atoms with Crippen molar-refractivity contribution in [3.63, 3.8) is 0 Å². The van der Waals surface area contributed by atoms with Crippen LogP contribution in [0, 0.1) is 5.92 Å². The maximum atomic E-state index is 11.7. The number of halogens is 1. The third kappa shape index (κ3) is 4.27. The molecule has 2 aromatic rings. The summed E-state index contributed by atoms with van der Waals surface area (Å²) in [5, 5.41) is 12.4. The fraction of sp³-hybridized carbons (Fsp3) is 0.333. The molecule has 1 N–H and O–H groups in total. The SMILES string of the molecule is C/C(=C\c1ccc(Cl)cc1)C(O)(c1ccccc1)C(C)CN(C)C. The van der Waals surface area contributed by atoms with E-state index in [1.54, 1.807) is 0 Å². The molecule has 2 nitrogen and oxygen atoms in total. The summed E-state index contributed by atoms with van der Waals surface area (Å²) in [7, 11) is 4.06. The average Bonchev–Trinajstić information content (AvgIpc) is 2.56. The molecule has 0 aromatic heterocycles. The van der Waals surface area contributed by atoms with E-state index in [1.165, 1.54) is 0 Å². The van der Waals surface area contributed by atoms with Gasteiger partial charge < -0.3 is 10.0 Å². The van der Waals surface area contributed by atoms with Crippen molar-refractivity contribution < 1.29 is 5.11 Å². The topological polar surface area (TPSA) is 23.5 Å². The summed E-state index contributed by atoms with van der Waals surface area (Å²) >= 11 is 5.97. The standard InChI is InChI=1S/C21H26ClNO/c1-16(14-18-10-12-20(22)13-11-18)21(24,17(2)15-23(3)4)19-8-6-5-7-9-19/h5-14,17,24H,15H2,1-4H3/b16-14+. The van der Waals surface area contributed by atoms with Gasteiger partial charge in [0.05, 0.1) is 0 Å². The van der Waals surface area contributed by atoms with Crippen LogP contribution in [0.4, 0.5) is 0 Å². The lowest BCUT2D eigenvalue weighted by atomic mass is 9.76. The van der Waals surface area contributed by atoms with E-state index in [4.69, 9.17) is 11.6 Å². The van der Waals surface area contributed by atoms with E-state index < -0.39 is 5.60 Å². The molecule has 2 atom stereocenters. The monoisotopic (exact) mass is 343 g/mol. The van der Waals surface area contributed by atoms with E-state index in [1.807, 2.05) is 81.7 Å². The lowest BCUT2D eigenvalue weighted by Gasteiger charge is -2.37. The van der Waals surface area contributed by atoms with Crippen LogP contribution in [0.25, 0.3) is 6.08 Å². The second-order valence-corrected chi connectivity index (χ2v) is 7.11. The van der Waals surface area contributed by atoms with Crippen LogP contribution in [0.2, 0.25) is 5.02 Å². The van der Waals surface area contributed by atoms with Gasteiger partial charge in [-0.15, -0.1) is 0 Å². The van der Waals surface area contributed by atoms with Gasteiger partial charge in [0.2, 0.25) is 0 Å². The summed E-state index contributed by atoms with van der Waals surface area (Å²) < 4.78 is 0. The van der Waals surface area contributed by atoms with Gasteiger partial charge in [-0.2, -0.15) is 0 Å². The number of hydrogen-bond acceptors (Lipinski definition) is 2. The number of hydrogen-bond donors (Lipinski definition) is 1. The third-order valence-electron chi connectivity index (χ3n) is 4.42. The van der Waals surface area contributed by atoms with Crippen LogP contribution in [-0.4, -0.2) is 30.6 Å². The quantitative estimate of drug-likeness (QED) is 0.812. The molecular weight excluding hydrogens is 318 g/mol. The molecule has 0 aliphatic rings. The first-order valence-corrected chi connectivity index (χ1v) is 8.58. The Morgan fingerprint density at radius 2 is 1.71 bits per heavy atom. The van der Waals surface area contributed by atoms with Gasteiger partial charge in [0.25, 0.3) is 0 Å². The summed E-state index contributed by atoms with van der Waals surface area (Å²) in [5.41, 5.74) is 1.85. The maximum absolute atomic E-state index is 11.7.